The van der Waals surface area contributed by atoms with Crippen LogP contribution in [0.25, 0.3) is 0 Å². The number of hydrogen-bond donors (Lipinski definition) is 10. The van der Waals surface area contributed by atoms with Crippen LogP contribution in [-0.4, -0.2) is 80.2 Å². The number of nitrogens with one attached hydrogen (secondary N) is 7. The molecule has 1 spiro atoms. The highest BCUT2D eigenvalue weighted by atomic mass is 16.5. The van der Waals surface area contributed by atoms with Crippen molar-refractivity contribution in [3.8, 4) is 0 Å². The van der Waals surface area contributed by atoms with Crippen LogP contribution in [0.3, 0.4) is 0 Å². The van der Waals surface area contributed by atoms with Gasteiger partial charge in [0.1, 0.15) is 18.1 Å². The monoisotopic (exact) mass is 458 g/mol. The number of hydrogen-bond acceptors (Lipinski definition) is 7. The summed E-state index contributed by atoms with van der Waals surface area (Å²) in [5.74, 6) is -4.71. The van der Waals surface area contributed by atoms with Crippen molar-refractivity contribution in [2.24, 2.45) is 0 Å². The molecule has 3 heterocycles. The first kappa shape index (κ1) is 21.4. The fourth-order valence-electron chi connectivity index (χ4n) is 5.60. The summed E-state index contributed by atoms with van der Waals surface area (Å²) in [5, 5.41) is 58.8. The number of aliphatic hydroxyl groups is 2. The van der Waals surface area contributed by atoms with Gasteiger partial charge in [0.25, 0.3) is 11.8 Å². The molecule has 4 atom stereocenters. The second-order valence-corrected chi connectivity index (χ2v) is 8.85. The first-order valence-electron chi connectivity index (χ1n) is 10.8. The number of nitrogens with zero attached hydrogens (tertiary/aromatic N) is 1. The van der Waals surface area contributed by atoms with Gasteiger partial charge in [-0.3, -0.25) is 25.6 Å². The summed E-state index contributed by atoms with van der Waals surface area (Å²) < 4.78 is 0. The van der Waals surface area contributed by atoms with Crippen molar-refractivity contribution in [2.45, 2.75) is 55.3 Å². The number of guanidine groups is 2. The lowest BCUT2D eigenvalue weighted by Gasteiger charge is -2.50. The predicted molar refractivity (Wildman–Crippen MR) is 113 cm³/mol. The Kier molecular flexibility index (Phi) is 4.74. The highest BCUT2D eigenvalue weighted by Gasteiger charge is 2.75. The van der Waals surface area contributed by atoms with Gasteiger partial charge >= 0.3 is 0 Å². The van der Waals surface area contributed by atoms with Crippen molar-refractivity contribution < 1.29 is 25.0 Å². The largest absolute Gasteiger partial charge is 0.361 e. The van der Waals surface area contributed by atoms with E-state index in [2.05, 4.69) is 21.3 Å². The summed E-state index contributed by atoms with van der Waals surface area (Å²) in [7, 11) is 0. The highest BCUT2D eigenvalue weighted by Crippen LogP contribution is 2.43. The van der Waals surface area contributed by atoms with Crippen molar-refractivity contribution in [3.05, 3.63) is 34.9 Å². The average molecular weight is 458 g/mol. The Bertz CT molecular complexity index is 1060. The predicted octanol–water partition coefficient (Wildman–Crippen LogP) is -2.74. The third-order valence-corrected chi connectivity index (χ3v) is 7.14. The Labute approximate surface area is 188 Å². The summed E-state index contributed by atoms with van der Waals surface area (Å²) >= 11 is 0. The molecule has 13 nitrogen and oxygen atoms in total. The Balaban J connectivity index is 1.49. The lowest BCUT2D eigenvalue weighted by Crippen LogP contribution is -2.82. The molecular formula is C20H26N8O5. The first-order chi connectivity index (χ1) is 15.7. The number of fused-ring (bicyclic) bond motifs is 1. The van der Waals surface area contributed by atoms with Crippen LogP contribution >= 0.6 is 0 Å². The van der Waals surface area contributed by atoms with Gasteiger partial charge in [-0.1, -0.05) is 12.1 Å². The zero-order valence-corrected chi connectivity index (χ0v) is 17.6. The van der Waals surface area contributed by atoms with E-state index in [-0.39, 0.29) is 18.5 Å². The van der Waals surface area contributed by atoms with E-state index in [0.717, 1.165) is 36.8 Å². The molecule has 2 amide bonds. The van der Waals surface area contributed by atoms with E-state index in [9.17, 15) is 19.8 Å². The van der Waals surface area contributed by atoms with Gasteiger partial charge in [0.05, 0.1) is 0 Å². The molecule has 1 aliphatic carbocycles. The second kappa shape index (κ2) is 7.30. The van der Waals surface area contributed by atoms with Crippen LogP contribution in [0.2, 0.25) is 0 Å². The van der Waals surface area contributed by atoms with E-state index in [0.29, 0.717) is 5.56 Å². The molecule has 33 heavy (non-hydrogen) atoms. The smallest absolute Gasteiger partial charge is 0.268 e. The van der Waals surface area contributed by atoms with Gasteiger partial charge in [-0.2, -0.15) is 0 Å². The maximum Gasteiger partial charge on any atom is 0.268 e. The van der Waals surface area contributed by atoms with E-state index in [4.69, 9.17) is 16.0 Å². The quantitative estimate of drug-likeness (QED) is 0.129. The maximum absolute atomic E-state index is 13.2. The van der Waals surface area contributed by atoms with Crippen LogP contribution in [-0.2, 0) is 17.6 Å². The molecule has 4 aliphatic rings. The average Bonchev–Trinajstić information content (AvgIpc) is 3.27. The number of hydroxylamine groups is 1. The van der Waals surface area contributed by atoms with Gasteiger partial charge in [-0.15, -0.1) is 0 Å². The van der Waals surface area contributed by atoms with Gasteiger partial charge in [-0.25, -0.2) is 5.48 Å². The standard InChI is InChI=1S/C20H26N8O5/c21-17-25-14-13(16(30)27-33)24-18(22)28-8-12(20(31,32)19(14,28)26-17)23-15(29)11-7-3-5-9-4-1-2-6-10(9)11/h3,5,7,12-14,31-33H,1-2,4,6,8H2,(H2,22,24)(H,23,29)(H,27,30)(H3,21,25,26)/t12?,13-,14?,19?/m1/s1. The zero-order chi connectivity index (χ0) is 23.5. The number of amides is 2. The number of rotatable bonds is 3. The molecule has 3 saturated heterocycles. The van der Waals surface area contributed by atoms with Crippen molar-refractivity contribution in [1.29, 1.82) is 10.8 Å². The number of carbonyl (C=O) groups is 2. The van der Waals surface area contributed by atoms with E-state index < -0.39 is 41.4 Å². The Morgan fingerprint density at radius 2 is 1.91 bits per heavy atom. The molecule has 10 N–H and O–H groups in total. The second-order valence-electron chi connectivity index (χ2n) is 8.85. The van der Waals surface area contributed by atoms with Crippen molar-refractivity contribution in [3.63, 3.8) is 0 Å². The lowest BCUT2D eigenvalue weighted by molar-refractivity contribution is -0.232. The van der Waals surface area contributed by atoms with Crippen LogP contribution in [0.5, 0.6) is 0 Å². The van der Waals surface area contributed by atoms with E-state index in [1.54, 1.807) is 12.1 Å². The molecule has 0 aromatic heterocycles. The topological polar surface area (TPSA) is 206 Å². The Morgan fingerprint density at radius 3 is 2.67 bits per heavy atom. The summed E-state index contributed by atoms with van der Waals surface area (Å²) in [6.45, 7) is -0.175. The molecule has 176 valence electrons. The number of aryl methyl sites for hydroxylation is 1. The summed E-state index contributed by atoms with van der Waals surface area (Å²) in [6, 6.07) is 1.78. The van der Waals surface area contributed by atoms with E-state index in [1.165, 1.54) is 10.4 Å². The first-order valence-corrected chi connectivity index (χ1v) is 10.8. The van der Waals surface area contributed by atoms with Crippen molar-refractivity contribution in [1.82, 2.24) is 31.6 Å². The third-order valence-electron chi connectivity index (χ3n) is 7.14. The van der Waals surface area contributed by atoms with Gasteiger partial charge in [0.2, 0.25) is 5.79 Å². The minimum atomic E-state index is -2.69. The molecular weight excluding hydrogens is 432 g/mol. The molecule has 3 aliphatic heterocycles. The SMILES string of the molecule is N=C1NC2[C@H](C(=O)NO)NC(=N)N3CC(NC(=O)c4cccc5c4CCCC5)C(O)(O)C23N1. The molecule has 13 heteroatoms. The molecule has 1 aromatic carbocycles. The van der Waals surface area contributed by atoms with Crippen molar-refractivity contribution >= 4 is 23.7 Å². The van der Waals surface area contributed by atoms with Crippen LogP contribution < -0.4 is 26.7 Å². The zero-order valence-electron chi connectivity index (χ0n) is 17.6. The van der Waals surface area contributed by atoms with Crippen molar-refractivity contribution in [2.75, 3.05) is 6.54 Å². The van der Waals surface area contributed by atoms with Gasteiger partial charge in [0, 0.05) is 12.1 Å². The van der Waals surface area contributed by atoms with Crippen LogP contribution in [0, 0.1) is 10.8 Å². The van der Waals surface area contributed by atoms with Gasteiger partial charge in [-0.05, 0) is 42.9 Å². The normalized spacial score (nSPS) is 31.4. The fourth-order valence-corrected chi connectivity index (χ4v) is 5.60. The summed E-state index contributed by atoms with van der Waals surface area (Å²) in [5.41, 5.74) is 2.10. The van der Waals surface area contributed by atoms with Crippen LogP contribution in [0.4, 0.5) is 0 Å². The minimum Gasteiger partial charge on any atom is -0.361 e. The number of carbonyl (C=O) groups excluding carboxylic acids is 2. The highest BCUT2D eigenvalue weighted by molar-refractivity contribution is 5.97. The maximum atomic E-state index is 13.2. The Morgan fingerprint density at radius 1 is 1.15 bits per heavy atom. The molecule has 0 bridgehead atoms. The summed E-state index contributed by atoms with van der Waals surface area (Å²) in [4.78, 5) is 26.7. The number of benzene rings is 1. The summed E-state index contributed by atoms with van der Waals surface area (Å²) in [6.07, 6.45) is 3.67. The van der Waals surface area contributed by atoms with Gasteiger partial charge < -0.3 is 36.4 Å². The fraction of sp³-hybridized carbons (Fsp3) is 0.500. The Hall–Kier alpha value is -3.42. The lowest BCUT2D eigenvalue weighted by atomic mass is 9.84. The minimum absolute atomic E-state index is 0.175. The van der Waals surface area contributed by atoms with E-state index >= 15 is 0 Å². The third kappa shape index (κ3) is 2.89. The molecule has 3 unspecified atom stereocenters. The molecule has 1 aromatic rings. The molecule has 0 saturated carbocycles. The molecule has 3 fully saturated rings. The molecule has 0 radical (unpaired) electrons. The van der Waals surface area contributed by atoms with E-state index in [1.807, 2.05) is 6.07 Å². The van der Waals surface area contributed by atoms with Gasteiger partial charge in [0.15, 0.2) is 17.6 Å². The van der Waals surface area contributed by atoms with Crippen LogP contribution in [0.1, 0.15) is 34.3 Å². The molecule has 5 rings (SSSR count). The van der Waals surface area contributed by atoms with Crippen LogP contribution in [0.15, 0.2) is 18.2 Å².